The Morgan fingerprint density at radius 1 is 1.27 bits per heavy atom. The molecule has 0 saturated heterocycles. The summed E-state index contributed by atoms with van der Waals surface area (Å²) in [5.41, 5.74) is 1.65. The zero-order valence-corrected chi connectivity index (χ0v) is 16.6. The van der Waals surface area contributed by atoms with Crippen molar-refractivity contribution in [1.29, 1.82) is 0 Å². The summed E-state index contributed by atoms with van der Waals surface area (Å²) in [5, 5.41) is 6.61. The SMILES string of the molecule is CCSc1ncc(Cl)c(C(=O)NCCC(=O)Nc2cc(Cl)ccc2C)n1. The van der Waals surface area contributed by atoms with Crippen LogP contribution in [0, 0.1) is 6.92 Å². The van der Waals surface area contributed by atoms with Crippen LogP contribution in [-0.4, -0.2) is 34.1 Å². The first-order valence-corrected chi connectivity index (χ1v) is 9.64. The Labute approximate surface area is 166 Å². The van der Waals surface area contributed by atoms with E-state index in [9.17, 15) is 9.59 Å². The number of nitrogens with one attached hydrogen (secondary N) is 2. The van der Waals surface area contributed by atoms with Crippen LogP contribution in [-0.2, 0) is 4.79 Å². The van der Waals surface area contributed by atoms with Gasteiger partial charge < -0.3 is 10.6 Å². The third-order valence-electron chi connectivity index (χ3n) is 3.32. The molecule has 0 aliphatic rings. The largest absolute Gasteiger partial charge is 0.350 e. The first kappa shape index (κ1) is 20.5. The van der Waals surface area contributed by atoms with Crippen LogP contribution >= 0.6 is 35.0 Å². The van der Waals surface area contributed by atoms with Crippen molar-refractivity contribution in [3.8, 4) is 0 Å². The zero-order valence-electron chi connectivity index (χ0n) is 14.3. The number of carbonyl (C=O) groups is 2. The molecular weight excluding hydrogens is 395 g/mol. The highest BCUT2D eigenvalue weighted by atomic mass is 35.5. The number of carbonyl (C=O) groups excluding carboxylic acids is 2. The molecule has 1 aromatic heterocycles. The molecule has 2 N–H and O–H groups in total. The van der Waals surface area contributed by atoms with Gasteiger partial charge in [0.1, 0.15) is 0 Å². The zero-order chi connectivity index (χ0) is 19.1. The number of hydrogen-bond acceptors (Lipinski definition) is 5. The smallest absolute Gasteiger partial charge is 0.271 e. The summed E-state index contributed by atoms with van der Waals surface area (Å²) < 4.78 is 0. The standard InChI is InChI=1S/C17H18Cl2N4O2S/c1-3-26-17-21-9-12(19)15(23-17)16(25)20-7-6-14(24)22-13-8-11(18)5-4-10(13)2/h4-5,8-9H,3,6-7H2,1-2H3,(H,20,25)(H,22,24). The Kier molecular flexibility index (Phi) is 7.68. The van der Waals surface area contributed by atoms with Gasteiger partial charge in [-0.3, -0.25) is 9.59 Å². The molecule has 0 aliphatic heterocycles. The van der Waals surface area contributed by atoms with E-state index in [2.05, 4.69) is 20.6 Å². The Balaban J connectivity index is 1.89. The molecule has 0 unspecified atom stereocenters. The average molecular weight is 413 g/mol. The topological polar surface area (TPSA) is 84.0 Å². The number of benzene rings is 1. The molecule has 0 fully saturated rings. The lowest BCUT2D eigenvalue weighted by Crippen LogP contribution is -2.28. The van der Waals surface area contributed by atoms with Crippen molar-refractivity contribution >= 4 is 52.5 Å². The highest BCUT2D eigenvalue weighted by Crippen LogP contribution is 2.20. The maximum absolute atomic E-state index is 12.2. The number of amides is 2. The Morgan fingerprint density at radius 3 is 2.77 bits per heavy atom. The number of aryl methyl sites for hydroxylation is 1. The summed E-state index contributed by atoms with van der Waals surface area (Å²) in [6.07, 6.45) is 1.51. The van der Waals surface area contributed by atoms with Gasteiger partial charge in [0.05, 0.1) is 11.2 Å². The van der Waals surface area contributed by atoms with Crippen LogP contribution in [0.2, 0.25) is 10.0 Å². The van der Waals surface area contributed by atoms with Crippen LogP contribution in [0.4, 0.5) is 5.69 Å². The van der Waals surface area contributed by atoms with Gasteiger partial charge in [0, 0.05) is 23.7 Å². The lowest BCUT2D eigenvalue weighted by atomic mass is 10.2. The Hall–Kier alpha value is -1.83. The lowest BCUT2D eigenvalue weighted by molar-refractivity contribution is -0.116. The second-order valence-electron chi connectivity index (χ2n) is 5.30. The van der Waals surface area contributed by atoms with Gasteiger partial charge in [0.15, 0.2) is 10.9 Å². The molecular formula is C17H18Cl2N4O2S. The predicted molar refractivity (Wildman–Crippen MR) is 105 cm³/mol. The van der Waals surface area contributed by atoms with Crippen LogP contribution in [0.3, 0.4) is 0 Å². The number of anilines is 1. The molecule has 6 nitrogen and oxygen atoms in total. The average Bonchev–Trinajstić information content (AvgIpc) is 2.60. The van der Waals surface area contributed by atoms with E-state index in [1.807, 2.05) is 19.9 Å². The lowest BCUT2D eigenvalue weighted by Gasteiger charge is -2.10. The van der Waals surface area contributed by atoms with Crippen LogP contribution in [0.1, 0.15) is 29.4 Å². The molecule has 0 atom stereocenters. The van der Waals surface area contributed by atoms with Gasteiger partial charge >= 0.3 is 0 Å². The number of halogens is 2. The molecule has 2 amide bonds. The molecule has 9 heteroatoms. The van der Waals surface area contributed by atoms with Gasteiger partial charge in [-0.25, -0.2) is 9.97 Å². The number of rotatable bonds is 7. The summed E-state index contributed by atoms with van der Waals surface area (Å²) in [7, 11) is 0. The van der Waals surface area contributed by atoms with Crippen molar-refractivity contribution in [1.82, 2.24) is 15.3 Å². The number of thioether (sulfide) groups is 1. The van der Waals surface area contributed by atoms with Crippen LogP contribution in [0.5, 0.6) is 0 Å². The first-order valence-electron chi connectivity index (χ1n) is 7.90. The van der Waals surface area contributed by atoms with E-state index >= 15 is 0 Å². The van der Waals surface area contributed by atoms with Crippen LogP contribution < -0.4 is 10.6 Å². The summed E-state index contributed by atoms with van der Waals surface area (Å²) in [6, 6.07) is 5.26. The Bertz CT molecular complexity index is 817. The van der Waals surface area contributed by atoms with Crippen LogP contribution in [0.15, 0.2) is 29.6 Å². The molecule has 26 heavy (non-hydrogen) atoms. The summed E-state index contributed by atoms with van der Waals surface area (Å²) >= 11 is 13.3. The van der Waals surface area contributed by atoms with Crippen molar-refractivity contribution in [3.63, 3.8) is 0 Å². The quantitative estimate of drug-likeness (QED) is 0.530. The molecule has 0 bridgehead atoms. The highest BCUT2D eigenvalue weighted by Gasteiger charge is 2.14. The van der Waals surface area contributed by atoms with Gasteiger partial charge in [0.2, 0.25) is 5.91 Å². The third kappa shape index (κ3) is 5.86. The van der Waals surface area contributed by atoms with E-state index < -0.39 is 5.91 Å². The van der Waals surface area contributed by atoms with E-state index in [0.717, 1.165) is 11.3 Å². The van der Waals surface area contributed by atoms with E-state index in [4.69, 9.17) is 23.2 Å². The van der Waals surface area contributed by atoms with Crippen molar-refractivity contribution in [2.75, 3.05) is 17.6 Å². The van der Waals surface area contributed by atoms with Gasteiger partial charge in [-0.05, 0) is 30.4 Å². The van der Waals surface area contributed by atoms with Gasteiger partial charge in [-0.2, -0.15) is 0 Å². The maximum atomic E-state index is 12.2. The van der Waals surface area contributed by atoms with Crippen molar-refractivity contribution in [2.45, 2.75) is 25.4 Å². The minimum Gasteiger partial charge on any atom is -0.350 e. The van der Waals surface area contributed by atoms with Crippen molar-refractivity contribution in [3.05, 3.63) is 45.7 Å². The molecule has 2 aromatic rings. The van der Waals surface area contributed by atoms with E-state index in [1.165, 1.54) is 18.0 Å². The fraction of sp³-hybridized carbons (Fsp3) is 0.294. The molecule has 0 spiro atoms. The van der Waals surface area contributed by atoms with E-state index in [1.54, 1.807) is 12.1 Å². The maximum Gasteiger partial charge on any atom is 0.271 e. The van der Waals surface area contributed by atoms with Gasteiger partial charge in [0.25, 0.3) is 5.91 Å². The fourth-order valence-corrected chi connectivity index (χ4v) is 2.91. The molecule has 0 radical (unpaired) electrons. The normalized spacial score (nSPS) is 10.5. The second-order valence-corrected chi connectivity index (χ2v) is 7.37. The van der Waals surface area contributed by atoms with Gasteiger partial charge in [-0.15, -0.1) is 0 Å². The van der Waals surface area contributed by atoms with Gasteiger partial charge in [-0.1, -0.05) is 48.0 Å². The number of aromatic nitrogens is 2. The predicted octanol–water partition coefficient (Wildman–Crippen LogP) is 3.96. The van der Waals surface area contributed by atoms with E-state index in [0.29, 0.717) is 15.9 Å². The molecule has 0 saturated carbocycles. The third-order valence-corrected chi connectivity index (χ3v) is 4.58. The molecule has 0 aliphatic carbocycles. The monoisotopic (exact) mass is 412 g/mol. The number of hydrogen-bond donors (Lipinski definition) is 2. The minimum absolute atomic E-state index is 0.101. The molecule has 1 aromatic carbocycles. The second kappa shape index (κ2) is 9.75. The fourth-order valence-electron chi connectivity index (χ4n) is 2.02. The molecule has 1 heterocycles. The molecule has 2 rings (SSSR count). The minimum atomic E-state index is -0.443. The highest BCUT2D eigenvalue weighted by molar-refractivity contribution is 7.99. The van der Waals surface area contributed by atoms with E-state index in [-0.39, 0.29) is 29.6 Å². The van der Waals surface area contributed by atoms with Crippen LogP contribution in [0.25, 0.3) is 0 Å². The summed E-state index contributed by atoms with van der Waals surface area (Å²) in [5.74, 6) is 0.111. The summed E-state index contributed by atoms with van der Waals surface area (Å²) in [4.78, 5) is 32.4. The summed E-state index contributed by atoms with van der Waals surface area (Å²) in [6.45, 7) is 3.99. The van der Waals surface area contributed by atoms with Crippen molar-refractivity contribution < 1.29 is 9.59 Å². The molecule has 138 valence electrons. The van der Waals surface area contributed by atoms with Crippen molar-refractivity contribution in [2.24, 2.45) is 0 Å². The first-order chi connectivity index (χ1) is 12.4. The number of nitrogens with zero attached hydrogens (tertiary/aromatic N) is 2. The Morgan fingerprint density at radius 2 is 2.04 bits per heavy atom.